The number of carbonyl (C=O) groups is 2. The van der Waals surface area contributed by atoms with Crippen LogP contribution in [0.3, 0.4) is 0 Å². The molecule has 1 N–H and O–H groups in total. The van der Waals surface area contributed by atoms with Crippen LogP contribution >= 0.6 is 0 Å². The number of esters is 1. The van der Waals surface area contributed by atoms with E-state index in [4.69, 9.17) is 14.2 Å². The van der Waals surface area contributed by atoms with E-state index in [0.717, 1.165) is 10.8 Å². The molecule has 1 atom stereocenters. The fourth-order valence-corrected chi connectivity index (χ4v) is 2.87. The largest absolute Gasteiger partial charge is 0.497 e. The number of fused-ring (bicyclic) bond motifs is 1. The second-order valence-corrected chi connectivity index (χ2v) is 6.61. The summed E-state index contributed by atoms with van der Waals surface area (Å²) < 4.78 is 15.6. The molecule has 3 aromatic carbocycles. The van der Waals surface area contributed by atoms with E-state index in [1.165, 1.54) is 13.0 Å². The minimum absolute atomic E-state index is 0.407. The zero-order chi connectivity index (χ0) is 21.5. The van der Waals surface area contributed by atoms with Crippen LogP contribution in [0.25, 0.3) is 16.8 Å². The molecule has 0 heterocycles. The van der Waals surface area contributed by atoms with E-state index in [1.807, 2.05) is 42.5 Å². The fraction of sp³-hybridized carbons (Fsp3) is 0.167. The lowest BCUT2D eigenvalue weighted by atomic mass is 10.1. The molecule has 6 nitrogen and oxygen atoms in total. The Kier molecular flexibility index (Phi) is 6.70. The Morgan fingerprint density at radius 2 is 1.57 bits per heavy atom. The molecular formula is C24H23NO5. The first kappa shape index (κ1) is 20.9. The van der Waals surface area contributed by atoms with Crippen LogP contribution in [0, 0.1) is 0 Å². The van der Waals surface area contributed by atoms with Crippen molar-refractivity contribution in [3.05, 3.63) is 72.3 Å². The highest BCUT2D eigenvalue weighted by Gasteiger charge is 2.17. The number of nitrogens with one attached hydrogen (secondary N) is 1. The molecule has 0 saturated carbocycles. The molecule has 0 aromatic heterocycles. The van der Waals surface area contributed by atoms with Crippen molar-refractivity contribution >= 4 is 34.4 Å². The number of benzene rings is 3. The molecule has 3 rings (SSSR count). The number of hydrogen-bond donors (Lipinski definition) is 1. The van der Waals surface area contributed by atoms with Gasteiger partial charge in [-0.05, 0) is 53.6 Å². The highest BCUT2D eigenvalue weighted by Crippen LogP contribution is 2.23. The van der Waals surface area contributed by atoms with E-state index in [2.05, 4.69) is 5.32 Å². The van der Waals surface area contributed by atoms with E-state index in [-0.39, 0.29) is 0 Å². The summed E-state index contributed by atoms with van der Waals surface area (Å²) in [6.45, 7) is 1.52. The van der Waals surface area contributed by atoms with Crippen LogP contribution in [0.1, 0.15) is 12.5 Å². The third kappa shape index (κ3) is 5.38. The van der Waals surface area contributed by atoms with E-state index in [1.54, 1.807) is 38.5 Å². The van der Waals surface area contributed by atoms with Crippen LogP contribution in [0.4, 0.5) is 5.69 Å². The lowest BCUT2D eigenvalue weighted by Gasteiger charge is -2.13. The van der Waals surface area contributed by atoms with Gasteiger partial charge in [0.05, 0.1) is 14.2 Å². The fourth-order valence-electron chi connectivity index (χ4n) is 2.87. The summed E-state index contributed by atoms with van der Waals surface area (Å²) in [5.74, 6) is 0.170. The number of amides is 1. The summed E-state index contributed by atoms with van der Waals surface area (Å²) in [5.41, 5.74) is 1.34. The maximum absolute atomic E-state index is 12.4. The summed E-state index contributed by atoms with van der Waals surface area (Å²) in [5, 5.41) is 4.86. The maximum Gasteiger partial charge on any atom is 0.331 e. The molecule has 3 aromatic rings. The van der Waals surface area contributed by atoms with Gasteiger partial charge in [-0.2, -0.15) is 0 Å². The lowest BCUT2D eigenvalue weighted by molar-refractivity contribution is -0.148. The molecule has 0 unspecified atom stereocenters. The minimum atomic E-state index is -0.950. The van der Waals surface area contributed by atoms with Crippen LogP contribution in [0.15, 0.2) is 66.7 Å². The Morgan fingerprint density at radius 3 is 2.23 bits per heavy atom. The number of hydrogen-bond acceptors (Lipinski definition) is 5. The molecule has 0 bridgehead atoms. The molecule has 0 fully saturated rings. The Bertz CT molecular complexity index is 1070. The zero-order valence-electron chi connectivity index (χ0n) is 17.0. The predicted octanol–water partition coefficient (Wildman–Crippen LogP) is 4.44. The van der Waals surface area contributed by atoms with E-state index in [0.29, 0.717) is 22.7 Å². The molecule has 30 heavy (non-hydrogen) atoms. The van der Waals surface area contributed by atoms with Crippen LogP contribution in [0.5, 0.6) is 11.5 Å². The van der Waals surface area contributed by atoms with Gasteiger partial charge in [-0.15, -0.1) is 0 Å². The average Bonchev–Trinajstić information content (AvgIpc) is 2.77. The van der Waals surface area contributed by atoms with Crippen molar-refractivity contribution in [3.63, 3.8) is 0 Å². The van der Waals surface area contributed by atoms with Gasteiger partial charge < -0.3 is 19.5 Å². The van der Waals surface area contributed by atoms with Crippen molar-refractivity contribution in [3.8, 4) is 11.5 Å². The Balaban J connectivity index is 1.60. The standard InChI is InChI=1S/C24H23NO5/c1-16(24(27)25-20-10-9-18-6-4-5-7-19(18)14-20)30-23(26)11-8-17-12-21(28-2)15-22(13-17)29-3/h4-16H,1-3H3,(H,25,27)/b11-8+/t16-/m1/s1. The van der Waals surface area contributed by atoms with Gasteiger partial charge in [0.1, 0.15) is 11.5 Å². The predicted molar refractivity (Wildman–Crippen MR) is 117 cm³/mol. The summed E-state index contributed by atoms with van der Waals surface area (Å²) in [6.07, 6.45) is 1.88. The number of anilines is 1. The number of methoxy groups -OCH3 is 2. The van der Waals surface area contributed by atoms with Crippen molar-refractivity contribution in [2.45, 2.75) is 13.0 Å². The van der Waals surface area contributed by atoms with Crippen LogP contribution in [-0.4, -0.2) is 32.2 Å². The molecule has 0 aliphatic carbocycles. The van der Waals surface area contributed by atoms with Gasteiger partial charge >= 0.3 is 5.97 Å². The lowest BCUT2D eigenvalue weighted by Crippen LogP contribution is -2.29. The SMILES string of the molecule is COc1cc(/C=C/C(=O)O[C@H](C)C(=O)Nc2ccc3ccccc3c2)cc(OC)c1. The van der Waals surface area contributed by atoms with Crippen LogP contribution in [-0.2, 0) is 14.3 Å². The van der Waals surface area contributed by atoms with Gasteiger partial charge in [0.25, 0.3) is 5.91 Å². The number of carbonyl (C=O) groups excluding carboxylic acids is 2. The molecule has 0 saturated heterocycles. The molecule has 6 heteroatoms. The van der Waals surface area contributed by atoms with Crippen LogP contribution in [0.2, 0.25) is 0 Å². The first-order valence-electron chi connectivity index (χ1n) is 9.40. The monoisotopic (exact) mass is 405 g/mol. The summed E-state index contributed by atoms with van der Waals surface area (Å²) in [7, 11) is 3.10. The van der Waals surface area contributed by atoms with Crippen LogP contribution < -0.4 is 14.8 Å². The highest BCUT2D eigenvalue weighted by atomic mass is 16.5. The van der Waals surface area contributed by atoms with Gasteiger partial charge in [-0.1, -0.05) is 30.3 Å². The van der Waals surface area contributed by atoms with Crippen molar-refractivity contribution < 1.29 is 23.8 Å². The quantitative estimate of drug-likeness (QED) is 0.465. The summed E-state index contributed by atoms with van der Waals surface area (Å²) in [6, 6.07) is 18.7. The molecular weight excluding hydrogens is 382 g/mol. The number of ether oxygens (including phenoxy) is 3. The third-order valence-corrected chi connectivity index (χ3v) is 4.46. The smallest absolute Gasteiger partial charge is 0.331 e. The summed E-state index contributed by atoms with van der Waals surface area (Å²) >= 11 is 0. The van der Waals surface area contributed by atoms with Gasteiger partial charge in [-0.25, -0.2) is 4.79 Å². The third-order valence-electron chi connectivity index (χ3n) is 4.46. The second-order valence-electron chi connectivity index (χ2n) is 6.61. The molecule has 154 valence electrons. The minimum Gasteiger partial charge on any atom is -0.497 e. The van der Waals surface area contributed by atoms with E-state index in [9.17, 15) is 9.59 Å². The van der Waals surface area contributed by atoms with Gasteiger partial charge in [0.2, 0.25) is 0 Å². The van der Waals surface area contributed by atoms with E-state index < -0.39 is 18.0 Å². The Labute approximate surface area is 175 Å². The normalized spacial score (nSPS) is 11.8. The van der Waals surface area contributed by atoms with Crippen molar-refractivity contribution in [2.24, 2.45) is 0 Å². The van der Waals surface area contributed by atoms with E-state index >= 15 is 0 Å². The van der Waals surface area contributed by atoms with Crippen molar-refractivity contribution in [2.75, 3.05) is 19.5 Å². The Hall–Kier alpha value is -3.80. The Morgan fingerprint density at radius 1 is 0.900 bits per heavy atom. The molecule has 0 radical (unpaired) electrons. The topological polar surface area (TPSA) is 73.9 Å². The maximum atomic E-state index is 12.4. The summed E-state index contributed by atoms with van der Waals surface area (Å²) in [4.78, 5) is 24.5. The van der Waals surface area contributed by atoms with Gasteiger partial charge in [0.15, 0.2) is 6.10 Å². The molecule has 0 aliphatic rings. The van der Waals surface area contributed by atoms with Crippen molar-refractivity contribution in [1.82, 2.24) is 0 Å². The van der Waals surface area contributed by atoms with Gasteiger partial charge in [-0.3, -0.25) is 4.79 Å². The molecule has 1 amide bonds. The number of rotatable bonds is 7. The molecule has 0 aliphatic heterocycles. The van der Waals surface area contributed by atoms with Crippen molar-refractivity contribution in [1.29, 1.82) is 0 Å². The van der Waals surface area contributed by atoms with Gasteiger partial charge in [0, 0.05) is 17.8 Å². The molecule has 0 spiro atoms. The first-order valence-corrected chi connectivity index (χ1v) is 9.40. The average molecular weight is 405 g/mol. The first-order chi connectivity index (χ1) is 14.5. The zero-order valence-corrected chi connectivity index (χ0v) is 17.0. The highest BCUT2D eigenvalue weighted by molar-refractivity contribution is 5.98. The second kappa shape index (κ2) is 9.60.